The number of hydrogen-bond donors (Lipinski definition) is 1. The van der Waals surface area contributed by atoms with Gasteiger partial charge in [-0.3, -0.25) is 9.59 Å². The molecule has 184 valence electrons. The highest BCUT2D eigenvalue weighted by molar-refractivity contribution is 6.04. The van der Waals surface area contributed by atoms with Gasteiger partial charge in [-0.25, -0.2) is 0 Å². The van der Waals surface area contributed by atoms with E-state index >= 15 is 0 Å². The minimum absolute atomic E-state index is 0.0509. The van der Waals surface area contributed by atoms with E-state index in [1.165, 1.54) is 31.4 Å². The Morgan fingerprint density at radius 3 is 2.24 bits per heavy atom. The van der Waals surface area contributed by atoms with Gasteiger partial charge in [-0.1, -0.05) is 38.7 Å². The van der Waals surface area contributed by atoms with Gasteiger partial charge < -0.3 is 15.1 Å². The molecular weight excluding hydrogens is 443 g/mol. The van der Waals surface area contributed by atoms with E-state index in [9.17, 15) is 22.8 Å². The standard InChI is InChI=1S/C26H32F3N3O2/c1-2-3-4-5-6-10-24(33)32-17-15-31(16-18-32)23-13-11-22(12-14-23)30-25(34)20-8-7-9-21(19-20)26(27,28)29/h7-9,11-14,19H,2-6,10,15-18H2,1H3,(H,30,34). The van der Waals surface area contributed by atoms with E-state index < -0.39 is 17.6 Å². The zero-order valence-corrected chi connectivity index (χ0v) is 19.5. The highest BCUT2D eigenvalue weighted by atomic mass is 19.4. The summed E-state index contributed by atoms with van der Waals surface area (Å²) < 4.78 is 38.7. The molecule has 1 saturated heterocycles. The number of rotatable bonds is 9. The minimum Gasteiger partial charge on any atom is -0.368 e. The predicted octanol–water partition coefficient (Wildman–Crippen LogP) is 5.97. The zero-order valence-electron chi connectivity index (χ0n) is 19.5. The van der Waals surface area contributed by atoms with Gasteiger partial charge in [0.05, 0.1) is 5.56 Å². The topological polar surface area (TPSA) is 52.7 Å². The summed E-state index contributed by atoms with van der Waals surface area (Å²) in [5, 5.41) is 2.64. The van der Waals surface area contributed by atoms with Crippen molar-refractivity contribution in [2.24, 2.45) is 0 Å². The highest BCUT2D eigenvalue weighted by Gasteiger charge is 2.31. The average Bonchev–Trinajstić information content (AvgIpc) is 2.84. The van der Waals surface area contributed by atoms with Crippen LogP contribution in [-0.2, 0) is 11.0 Å². The zero-order chi connectivity index (χ0) is 24.6. The van der Waals surface area contributed by atoms with Gasteiger partial charge in [-0.05, 0) is 48.9 Å². The molecule has 1 heterocycles. The van der Waals surface area contributed by atoms with Crippen LogP contribution in [0.5, 0.6) is 0 Å². The maximum Gasteiger partial charge on any atom is 0.416 e. The van der Waals surface area contributed by atoms with Crippen LogP contribution in [0.25, 0.3) is 0 Å². The molecule has 1 aliphatic heterocycles. The number of halogens is 3. The summed E-state index contributed by atoms with van der Waals surface area (Å²) in [4.78, 5) is 28.9. The molecule has 0 aromatic heterocycles. The van der Waals surface area contributed by atoms with Gasteiger partial charge in [0.25, 0.3) is 5.91 Å². The molecule has 0 bridgehead atoms. The number of amides is 2. The molecular formula is C26H32F3N3O2. The summed E-state index contributed by atoms with van der Waals surface area (Å²) >= 11 is 0. The van der Waals surface area contributed by atoms with Gasteiger partial charge in [-0.2, -0.15) is 13.2 Å². The van der Waals surface area contributed by atoms with Crippen molar-refractivity contribution in [2.75, 3.05) is 36.4 Å². The Labute approximate surface area is 198 Å². The number of unbranched alkanes of at least 4 members (excludes halogenated alkanes) is 4. The largest absolute Gasteiger partial charge is 0.416 e. The summed E-state index contributed by atoms with van der Waals surface area (Å²) in [6.45, 7) is 5.01. The lowest BCUT2D eigenvalue weighted by Crippen LogP contribution is -2.48. The first-order valence-corrected chi connectivity index (χ1v) is 11.9. The lowest BCUT2D eigenvalue weighted by atomic mass is 10.1. The van der Waals surface area contributed by atoms with E-state index in [1.54, 1.807) is 12.1 Å². The normalized spacial score (nSPS) is 14.2. The fourth-order valence-electron chi connectivity index (χ4n) is 4.05. The number of hydrogen-bond acceptors (Lipinski definition) is 3. The van der Waals surface area contributed by atoms with Crippen LogP contribution < -0.4 is 10.2 Å². The maximum atomic E-state index is 12.9. The van der Waals surface area contributed by atoms with Gasteiger partial charge in [-0.15, -0.1) is 0 Å². The monoisotopic (exact) mass is 475 g/mol. The van der Waals surface area contributed by atoms with Crippen molar-refractivity contribution in [3.8, 4) is 0 Å². The van der Waals surface area contributed by atoms with Crippen LogP contribution in [0.2, 0.25) is 0 Å². The van der Waals surface area contributed by atoms with Crippen molar-refractivity contribution in [2.45, 2.75) is 51.6 Å². The molecule has 0 spiro atoms. The lowest BCUT2D eigenvalue weighted by molar-refractivity contribution is -0.137. The van der Waals surface area contributed by atoms with Crippen molar-refractivity contribution >= 4 is 23.2 Å². The maximum absolute atomic E-state index is 12.9. The number of alkyl halides is 3. The van der Waals surface area contributed by atoms with Crippen molar-refractivity contribution in [1.29, 1.82) is 0 Å². The van der Waals surface area contributed by atoms with Gasteiger partial charge in [0, 0.05) is 49.5 Å². The molecule has 1 fully saturated rings. The summed E-state index contributed by atoms with van der Waals surface area (Å²) in [6.07, 6.45) is 1.78. The Kier molecular flexibility index (Phi) is 8.96. The number of piperazine rings is 1. The van der Waals surface area contributed by atoms with Crippen LogP contribution in [0, 0.1) is 0 Å². The van der Waals surface area contributed by atoms with E-state index in [2.05, 4.69) is 17.1 Å². The first-order chi connectivity index (χ1) is 16.3. The highest BCUT2D eigenvalue weighted by Crippen LogP contribution is 2.29. The van der Waals surface area contributed by atoms with Crippen molar-refractivity contribution in [1.82, 2.24) is 4.90 Å². The summed E-state index contributed by atoms with van der Waals surface area (Å²) in [7, 11) is 0. The van der Waals surface area contributed by atoms with E-state index in [0.29, 0.717) is 25.2 Å². The second-order valence-electron chi connectivity index (χ2n) is 8.61. The predicted molar refractivity (Wildman–Crippen MR) is 128 cm³/mol. The van der Waals surface area contributed by atoms with E-state index in [1.807, 2.05) is 17.0 Å². The molecule has 0 atom stereocenters. The number of nitrogens with zero attached hydrogens (tertiary/aromatic N) is 2. The molecule has 3 rings (SSSR count). The van der Waals surface area contributed by atoms with Crippen LogP contribution in [0.15, 0.2) is 48.5 Å². The van der Waals surface area contributed by atoms with Crippen LogP contribution in [-0.4, -0.2) is 42.9 Å². The molecule has 34 heavy (non-hydrogen) atoms. The Morgan fingerprint density at radius 1 is 0.912 bits per heavy atom. The van der Waals surface area contributed by atoms with Crippen LogP contribution >= 0.6 is 0 Å². The second-order valence-corrected chi connectivity index (χ2v) is 8.61. The first-order valence-electron chi connectivity index (χ1n) is 11.9. The van der Waals surface area contributed by atoms with Crippen LogP contribution in [0.4, 0.5) is 24.5 Å². The molecule has 0 saturated carbocycles. The molecule has 2 aromatic rings. The average molecular weight is 476 g/mol. The number of carbonyl (C=O) groups is 2. The molecule has 5 nitrogen and oxygen atoms in total. The fourth-order valence-corrected chi connectivity index (χ4v) is 4.05. The third-order valence-electron chi connectivity index (χ3n) is 6.07. The molecule has 0 aliphatic carbocycles. The number of benzene rings is 2. The second kappa shape index (κ2) is 11.9. The number of carbonyl (C=O) groups excluding carboxylic acids is 2. The van der Waals surface area contributed by atoms with Crippen LogP contribution in [0.3, 0.4) is 0 Å². The van der Waals surface area contributed by atoms with Crippen molar-refractivity contribution in [3.63, 3.8) is 0 Å². The molecule has 8 heteroatoms. The third kappa shape index (κ3) is 7.23. The van der Waals surface area contributed by atoms with E-state index in [-0.39, 0.29) is 11.5 Å². The van der Waals surface area contributed by atoms with Gasteiger partial charge in [0.1, 0.15) is 0 Å². The Hall–Kier alpha value is -3.03. The third-order valence-corrected chi connectivity index (χ3v) is 6.07. The van der Waals surface area contributed by atoms with E-state index in [0.717, 1.165) is 43.8 Å². The Morgan fingerprint density at radius 2 is 1.59 bits per heavy atom. The minimum atomic E-state index is -4.50. The summed E-state index contributed by atoms with van der Waals surface area (Å²) in [6, 6.07) is 11.5. The Bertz CT molecular complexity index is 953. The quantitative estimate of drug-likeness (QED) is 0.455. The van der Waals surface area contributed by atoms with E-state index in [4.69, 9.17) is 0 Å². The summed E-state index contributed by atoms with van der Waals surface area (Å²) in [5.74, 6) is -0.371. The Balaban J connectivity index is 1.48. The van der Waals surface area contributed by atoms with Gasteiger partial charge >= 0.3 is 6.18 Å². The fraction of sp³-hybridized carbons (Fsp3) is 0.462. The summed E-state index contributed by atoms with van der Waals surface area (Å²) in [5.41, 5.74) is 0.571. The smallest absolute Gasteiger partial charge is 0.368 e. The van der Waals surface area contributed by atoms with Gasteiger partial charge in [0.2, 0.25) is 5.91 Å². The number of anilines is 2. The lowest BCUT2D eigenvalue weighted by Gasteiger charge is -2.36. The molecule has 0 unspecified atom stereocenters. The van der Waals surface area contributed by atoms with Gasteiger partial charge in [0.15, 0.2) is 0 Å². The SMILES string of the molecule is CCCCCCCC(=O)N1CCN(c2ccc(NC(=O)c3cccc(C(F)(F)F)c3)cc2)CC1. The molecule has 1 N–H and O–H groups in total. The van der Waals surface area contributed by atoms with Crippen molar-refractivity contribution in [3.05, 3.63) is 59.7 Å². The first kappa shape index (κ1) is 25.6. The molecule has 0 radical (unpaired) electrons. The van der Waals surface area contributed by atoms with Crippen LogP contribution in [0.1, 0.15) is 61.4 Å². The van der Waals surface area contributed by atoms with Crippen molar-refractivity contribution < 1.29 is 22.8 Å². The molecule has 1 aliphatic rings. The molecule has 2 amide bonds. The number of nitrogens with one attached hydrogen (secondary N) is 1. The molecule has 2 aromatic carbocycles.